The third kappa shape index (κ3) is 2.14. The molecule has 0 N–H and O–H groups in total. The van der Waals surface area contributed by atoms with E-state index >= 15 is 0 Å². The first-order valence-electron chi connectivity index (χ1n) is 5.93. The molecule has 4 nitrogen and oxygen atoms in total. The predicted molar refractivity (Wildman–Crippen MR) is 68.4 cm³/mol. The Labute approximate surface area is 108 Å². The van der Waals surface area contributed by atoms with Gasteiger partial charge in [-0.25, -0.2) is 0 Å². The third-order valence-electron chi connectivity index (χ3n) is 3.20. The zero-order chi connectivity index (χ0) is 13.3. The maximum Gasteiger partial charge on any atom is 0.231 e. The lowest BCUT2D eigenvalue weighted by atomic mass is 9.81. The van der Waals surface area contributed by atoms with Gasteiger partial charge in [0.1, 0.15) is 0 Å². The van der Waals surface area contributed by atoms with Crippen molar-refractivity contribution in [3.8, 4) is 17.6 Å². The first-order valence-corrected chi connectivity index (χ1v) is 5.93. The van der Waals surface area contributed by atoms with Gasteiger partial charge in [0.15, 0.2) is 11.5 Å². The summed E-state index contributed by atoms with van der Waals surface area (Å²) >= 11 is 0. The van der Waals surface area contributed by atoms with E-state index in [1.807, 2.05) is 46.1 Å². The zero-order valence-electron chi connectivity index (χ0n) is 11.2. The van der Waals surface area contributed by atoms with Crippen molar-refractivity contribution in [3.05, 3.63) is 23.8 Å². The van der Waals surface area contributed by atoms with Crippen LogP contribution in [0.5, 0.6) is 11.5 Å². The Morgan fingerprint density at radius 1 is 1.28 bits per heavy atom. The molecule has 18 heavy (non-hydrogen) atoms. The average molecular weight is 246 g/mol. The van der Waals surface area contributed by atoms with Gasteiger partial charge in [0.05, 0.1) is 17.5 Å². The fourth-order valence-electron chi connectivity index (χ4n) is 2.50. The van der Waals surface area contributed by atoms with Crippen LogP contribution in [0.4, 0.5) is 0 Å². The quantitative estimate of drug-likeness (QED) is 0.822. The van der Waals surface area contributed by atoms with Gasteiger partial charge in [-0.3, -0.25) is 0 Å². The first-order chi connectivity index (χ1) is 8.45. The van der Waals surface area contributed by atoms with Crippen LogP contribution in [0, 0.1) is 16.7 Å². The van der Waals surface area contributed by atoms with E-state index in [1.54, 1.807) is 0 Å². The van der Waals surface area contributed by atoms with Crippen molar-refractivity contribution in [1.29, 1.82) is 5.26 Å². The SMILES string of the molecule is CN(C)C(c1ccc2c(c1)OCO2)C(C)(C)C#N. The molecule has 0 saturated heterocycles. The fourth-order valence-corrected chi connectivity index (χ4v) is 2.50. The van der Waals surface area contributed by atoms with Gasteiger partial charge < -0.3 is 14.4 Å². The molecule has 1 aromatic carbocycles. The van der Waals surface area contributed by atoms with Crippen molar-refractivity contribution in [2.45, 2.75) is 19.9 Å². The second-order valence-corrected chi connectivity index (χ2v) is 5.31. The number of fused-ring (bicyclic) bond motifs is 1. The van der Waals surface area contributed by atoms with Crippen LogP contribution in [-0.2, 0) is 0 Å². The van der Waals surface area contributed by atoms with Crippen LogP contribution in [0.1, 0.15) is 25.5 Å². The number of nitrogens with zero attached hydrogens (tertiary/aromatic N) is 2. The number of hydrogen-bond acceptors (Lipinski definition) is 4. The lowest BCUT2D eigenvalue weighted by Gasteiger charge is -2.34. The molecular formula is C14H18N2O2. The Bertz CT molecular complexity index is 489. The molecule has 0 spiro atoms. The molecule has 0 bridgehead atoms. The molecule has 4 heteroatoms. The van der Waals surface area contributed by atoms with Crippen LogP contribution in [-0.4, -0.2) is 25.8 Å². The minimum atomic E-state index is -0.475. The Balaban J connectivity index is 2.41. The van der Waals surface area contributed by atoms with Crippen LogP contribution in [0.25, 0.3) is 0 Å². The van der Waals surface area contributed by atoms with Crippen molar-refractivity contribution in [2.75, 3.05) is 20.9 Å². The Hall–Kier alpha value is -1.73. The summed E-state index contributed by atoms with van der Waals surface area (Å²) in [7, 11) is 3.96. The van der Waals surface area contributed by atoms with E-state index in [4.69, 9.17) is 9.47 Å². The highest BCUT2D eigenvalue weighted by Crippen LogP contribution is 2.41. The van der Waals surface area contributed by atoms with Crippen molar-refractivity contribution >= 4 is 0 Å². The molecule has 2 rings (SSSR count). The summed E-state index contributed by atoms with van der Waals surface area (Å²) in [5, 5.41) is 9.34. The van der Waals surface area contributed by atoms with E-state index in [0.29, 0.717) is 0 Å². The van der Waals surface area contributed by atoms with Crippen LogP contribution in [0.2, 0.25) is 0 Å². The van der Waals surface area contributed by atoms with Gasteiger partial charge in [0.25, 0.3) is 0 Å². The van der Waals surface area contributed by atoms with Gasteiger partial charge in [0.2, 0.25) is 6.79 Å². The second kappa shape index (κ2) is 4.51. The van der Waals surface area contributed by atoms with Gasteiger partial charge in [-0.15, -0.1) is 0 Å². The van der Waals surface area contributed by atoms with E-state index < -0.39 is 5.41 Å². The van der Waals surface area contributed by atoms with Crippen LogP contribution in [0.15, 0.2) is 18.2 Å². The van der Waals surface area contributed by atoms with E-state index in [0.717, 1.165) is 17.1 Å². The molecule has 0 radical (unpaired) electrons. The third-order valence-corrected chi connectivity index (χ3v) is 3.20. The van der Waals surface area contributed by atoms with Gasteiger partial charge in [0, 0.05) is 0 Å². The van der Waals surface area contributed by atoms with Crippen molar-refractivity contribution in [3.63, 3.8) is 0 Å². The molecule has 0 amide bonds. The highest BCUT2D eigenvalue weighted by atomic mass is 16.7. The summed E-state index contributed by atoms with van der Waals surface area (Å²) in [5.74, 6) is 1.53. The predicted octanol–water partition coefficient (Wildman–Crippen LogP) is 2.57. The van der Waals surface area contributed by atoms with Gasteiger partial charge in [-0.05, 0) is 45.6 Å². The minimum absolute atomic E-state index is 0.0111. The smallest absolute Gasteiger partial charge is 0.231 e. The summed E-state index contributed by atoms with van der Waals surface area (Å²) in [6, 6.07) is 8.25. The monoisotopic (exact) mass is 246 g/mol. The molecule has 1 aliphatic rings. The molecule has 1 aliphatic heterocycles. The van der Waals surface area contributed by atoms with Gasteiger partial charge >= 0.3 is 0 Å². The van der Waals surface area contributed by atoms with E-state index in [-0.39, 0.29) is 12.8 Å². The zero-order valence-corrected chi connectivity index (χ0v) is 11.2. The second-order valence-electron chi connectivity index (χ2n) is 5.31. The van der Waals surface area contributed by atoms with Crippen LogP contribution >= 0.6 is 0 Å². The fraction of sp³-hybridized carbons (Fsp3) is 0.500. The van der Waals surface area contributed by atoms with Crippen molar-refractivity contribution in [1.82, 2.24) is 4.90 Å². The highest BCUT2D eigenvalue weighted by Gasteiger charge is 2.33. The van der Waals surface area contributed by atoms with Gasteiger partial charge in [-0.1, -0.05) is 6.07 Å². The number of ether oxygens (including phenoxy) is 2. The summed E-state index contributed by atoms with van der Waals surface area (Å²) in [4.78, 5) is 2.06. The minimum Gasteiger partial charge on any atom is -0.454 e. The molecule has 96 valence electrons. The maximum atomic E-state index is 9.34. The summed E-state index contributed by atoms with van der Waals surface area (Å²) in [5.41, 5.74) is 0.591. The van der Waals surface area contributed by atoms with E-state index in [1.165, 1.54) is 0 Å². The van der Waals surface area contributed by atoms with E-state index in [9.17, 15) is 5.26 Å². The number of benzene rings is 1. The maximum absolute atomic E-state index is 9.34. The molecule has 0 aromatic heterocycles. The number of hydrogen-bond donors (Lipinski definition) is 0. The van der Waals surface area contributed by atoms with Crippen LogP contribution in [0.3, 0.4) is 0 Å². The molecule has 1 heterocycles. The van der Waals surface area contributed by atoms with Crippen molar-refractivity contribution in [2.24, 2.45) is 5.41 Å². The highest BCUT2D eigenvalue weighted by molar-refractivity contribution is 5.45. The molecule has 0 aliphatic carbocycles. The summed E-state index contributed by atoms with van der Waals surface area (Å²) in [6.45, 7) is 4.16. The lowest BCUT2D eigenvalue weighted by molar-refractivity contribution is 0.173. The Morgan fingerprint density at radius 2 is 1.94 bits per heavy atom. The molecule has 0 fully saturated rings. The standard InChI is InChI=1S/C14H18N2O2/c1-14(2,8-15)13(16(3)4)10-5-6-11-12(7-10)18-9-17-11/h5-7,13H,9H2,1-4H3. The van der Waals surface area contributed by atoms with Crippen LogP contribution < -0.4 is 9.47 Å². The summed E-state index contributed by atoms with van der Waals surface area (Å²) in [6.07, 6.45) is 0. The molecule has 1 atom stereocenters. The lowest BCUT2D eigenvalue weighted by Crippen LogP contribution is -2.32. The Kier molecular flexibility index (Phi) is 3.18. The largest absolute Gasteiger partial charge is 0.454 e. The molecule has 1 unspecified atom stereocenters. The van der Waals surface area contributed by atoms with Gasteiger partial charge in [-0.2, -0.15) is 5.26 Å². The molecule has 0 saturated carbocycles. The van der Waals surface area contributed by atoms with Crippen molar-refractivity contribution < 1.29 is 9.47 Å². The van der Waals surface area contributed by atoms with E-state index in [2.05, 4.69) is 11.0 Å². The summed E-state index contributed by atoms with van der Waals surface area (Å²) < 4.78 is 10.7. The first kappa shape index (κ1) is 12.7. The average Bonchev–Trinajstić information content (AvgIpc) is 2.75. The number of rotatable bonds is 3. The topological polar surface area (TPSA) is 45.5 Å². The molecule has 1 aromatic rings. The normalized spacial score (nSPS) is 15.6. The molecular weight excluding hydrogens is 228 g/mol. The Morgan fingerprint density at radius 3 is 2.56 bits per heavy atom. The number of nitriles is 1.